The molecule has 9 nitrogen and oxygen atoms in total. The van der Waals surface area contributed by atoms with Gasteiger partial charge < -0.3 is 15.1 Å². The van der Waals surface area contributed by atoms with Crippen LogP contribution < -0.4 is 10.2 Å². The van der Waals surface area contributed by atoms with Crippen LogP contribution in [0.1, 0.15) is 25.0 Å². The molecule has 3 heterocycles. The van der Waals surface area contributed by atoms with Crippen LogP contribution in [-0.4, -0.2) is 57.2 Å². The van der Waals surface area contributed by atoms with Crippen molar-refractivity contribution < 1.29 is 4.79 Å². The number of halogens is 1. The first-order chi connectivity index (χ1) is 13.9. The van der Waals surface area contributed by atoms with E-state index in [-0.39, 0.29) is 12.3 Å². The van der Waals surface area contributed by atoms with Crippen LogP contribution in [0.5, 0.6) is 0 Å². The predicted octanol–water partition coefficient (Wildman–Crippen LogP) is 2.49. The first kappa shape index (κ1) is 19.5. The fourth-order valence-electron chi connectivity index (χ4n) is 4.35. The fraction of sp³-hybridized carbons (Fsp3) is 0.526. The molecule has 2 unspecified atom stereocenters. The highest BCUT2D eigenvalue weighted by Gasteiger charge is 2.43. The number of aromatic amines is 1. The van der Waals surface area contributed by atoms with Gasteiger partial charge in [-0.3, -0.25) is 9.89 Å². The molecule has 2 fully saturated rings. The molecule has 2 N–H and O–H groups in total. The topological polar surface area (TPSA) is 114 Å². The molecule has 2 aromatic heterocycles. The van der Waals surface area contributed by atoms with E-state index < -0.39 is 0 Å². The van der Waals surface area contributed by atoms with Gasteiger partial charge in [-0.1, -0.05) is 11.6 Å². The number of nitrogens with zero attached hydrogens (tertiary/aromatic N) is 6. The number of nitrogens with one attached hydrogen (secondary N) is 2. The van der Waals surface area contributed by atoms with Crippen molar-refractivity contribution in [3.63, 3.8) is 0 Å². The fourth-order valence-corrected chi connectivity index (χ4v) is 4.49. The number of carbonyl (C=O) groups is 1. The van der Waals surface area contributed by atoms with Gasteiger partial charge >= 0.3 is 0 Å². The van der Waals surface area contributed by atoms with Crippen LogP contribution in [0, 0.1) is 30.1 Å². The SMILES string of the molecule is Cc1cc(Nc2nc(N(C)C3CC4CN(C(=O)CC#N)CC4C3)ncc2Cl)n[nH]1. The second kappa shape index (κ2) is 7.87. The van der Waals surface area contributed by atoms with E-state index in [0.29, 0.717) is 40.5 Å². The quantitative estimate of drug-likeness (QED) is 0.772. The van der Waals surface area contributed by atoms with Crippen LogP contribution in [0.25, 0.3) is 0 Å². The zero-order chi connectivity index (χ0) is 20.5. The number of carbonyl (C=O) groups excluding carboxylic acids is 1. The summed E-state index contributed by atoms with van der Waals surface area (Å²) in [6, 6.07) is 4.13. The summed E-state index contributed by atoms with van der Waals surface area (Å²) < 4.78 is 0. The number of aromatic nitrogens is 4. The van der Waals surface area contributed by atoms with Crippen LogP contribution in [-0.2, 0) is 4.79 Å². The zero-order valence-electron chi connectivity index (χ0n) is 16.4. The zero-order valence-corrected chi connectivity index (χ0v) is 17.1. The number of fused-ring (bicyclic) bond motifs is 1. The number of aryl methyl sites for hydroxylation is 1. The van der Waals surface area contributed by atoms with Gasteiger partial charge in [0.2, 0.25) is 11.9 Å². The van der Waals surface area contributed by atoms with Gasteiger partial charge in [0.1, 0.15) is 11.4 Å². The van der Waals surface area contributed by atoms with E-state index in [1.807, 2.05) is 31.0 Å². The van der Waals surface area contributed by atoms with Gasteiger partial charge in [-0.2, -0.15) is 15.3 Å². The Balaban J connectivity index is 1.42. The highest BCUT2D eigenvalue weighted by molar-refractivity contribution is 6.32. The average Bonchev–Trinajstić information content (AvgIpc) is 3.38. The van der Waals surface area contributed by atoms with E-state index in [1.165, 1.54) is 0 Å². The minimum Gasteiger partial charge on any atom is -0.341 e. The van der Waals surface area contributed by atoms with Crippen molar-refractivity contribution in [2.75, 3.05) is 30.4 Å². The van der Waals surface area contributed by atoms with Gasteiger partial charge in [0.25, 0.3) is 0 Å². The highest BCUT2D eigenvalue weighted by atomic mass is 35.5. The Kier molecular flexibility index (Phi) is 5.28. The second-order valence-electron chi connectivity index (χ2n) is 7.82. The summed E-state index contributed by atoms with van der Waals surface area (Å²) in [6.45, 7) is 3.40. The lowest BCUT2D eigenvalue weighted by Gasteiger charge is -2.27. The molecule has 2 aliphatic rings. The lowest BCUT2D eigenvalue weighted by atomic mass is 10.0. The van der Waals surface area contributed by atoms with Crippen LogP contribution in [0.3, 0.4) is 0 Å². The Morgan fingerprint density at radius 1 is 1.45 bits per heavy atom. The maximum Gasteiger partial charge on any atom is 0.236 e. The molecular weight excluding hydrogens is 392 g/mol. The molecular formula is C19H23ClN8O. The van der Waals surface area contributed by atoms with E-state index in [9.17, 15) is 4.79 Å². The molecule has 10 heteroatoms. The van der Waals surface area contributed by atoms with Gasteiger partial charge in [-0.15, -0.1) is 0 Å². The van der Waals surface area contributed by atoms with Gasteiger partial charge in [-0.25, -0.2) is 4.98 Å². The maximum atomic E-state index is 12.0. The Bertz CT molecular complexity index is 940. The van der Waals surface area contributed by atoms with E-state index >= 15 is 0 Å². The Morgan fingerprint density at radius 3 is 2.79 bits per heavy atom. The summed E-state index contributed by atoms with van der Waals surface area (Å²) in [5, 5.41) is 19.3. The number of hydrogen-bond acceptors (Lipinski definition) is 7. The van der Waals surface area contributed by atoms with Crippen LogP contribution in [0.15, 0.2) is 12.3 Å². The number of likely N-dealkylation sites (tertiary alicyclic amines) is 1. The van der Waals surface area contributed by atoms with Gasteiger partial charge in [-0.05, 0) is 31.6 Å². The van der Waals surface area contributed by atoms with Crippen molar-refractivity contribution in [1.29, 1.82) is 5.26 Å². The first-order valence-electron chi connectivity index (χ1n) is 9.63. The summed E-state index contributed by atoms with van der Waals surface area (Å²) in [7, 11) is 2.00. The Labute approximate surface area is 174 Å². The van der Waals surface area contributed by atoms with E-state index in [2.05, 4.69) is 30.4 Å². The number of nitriles is 1. The smallest absolute Gasteiger partial charge is 0.236 e. The van der Waals surface area contributed by atoms with Gasteiger partial charge in [0.05, 0.1) is 12.3 Å². The number of rotatable bonds is 5. The maximum absolute atomic E-state index is 12.0. The minimum absolute atomic E-state index is 0.0350. The predicted molar refractivity (Wildman–Crippen MR) is 109 cm³/mol. The van der Waals surface area contributed by atoms with Crippen LogP contribution >= 0.6 is 11.6 Å². The number of amides is 1. The Hall–Kier alpha value is -2.86. The normalized spacial score (nSPS) is 23.0. The standard InChI is InChI=1S/C19H23ClN8O/c1-11-5-16(26-25-11)23-18-15(20)8-22-19(24-18)27(2)14-6-12-9-28(10-13(12)7-14)17(29)3-4-21/h5,8,12-14H,3,6-7,9-10H2,1-2H3,(H2,22,23,24,25,26). The molecule has 1 saturated carbocycles. The highest BCUT2D eigenvalue weighted by Crippen LogP contribution is 2.41. The Morgan fingerprint density at radius 2 is 2.17 bits per heavy atom. The van der Waals surface area contributed by atoms with Crippen molar-refractivity contribution in [2.24, 2.45) is 11.8 Å². The molecule has 1 amide bonds. The summed E-state index contributed by atoms with van der Waals surface area (Å²) >= 11 is 6.26. The second-order valence-corrected chi connectivity index (χ2v) is 8.22. The molecule has 1 aliphatic heterocycles. The molecule has 0 aromatic carbocycles. The lowest BCUT2D eigenvalue weighted by Crippen LogP contribution is -2.34. The van der Waals surface area contributed by atoms with E-state index in [0.717, 1.165) is 31.6 Å². The summed E-state index contributed by atoms with van der Waals surface area (Å²) in [6.07, 6.45) is 3.52. The molecule has 2 aromatic rings. The molecule has 2 atom stereocenters. The summed E-state index contributed by atoms with van der Waals surface area (Å²) in [4.78, 5) is 24.9. The number of hydrogen-bond donors (Lipinski definition) is 2. The summed E-state index contributed by atoms with van der Waals surface area (Å²) in [5.74, 6) is 2.63. The number of anilines is 3. The number of H-pyrrole nitrogens is 1. The van der Waals surface area contributed by atoms with E-state index in [4.69, 9.17) is 16.9 Å². The molecule has 4 rings (SSSR count). The van der Waals surface area contributed by atoms with Gasteiger partial charge in [0.15, 0.2) is 11.6 Å². The van der Waals surface area contributed by atoms with Crippen LogP contribution in [0.2, 0.25) is 5.02 Å². The molecule has 1 aliphatic carbocycles. The molecule has 29 heavy (non-hydrogen) atoms. The molecule has 0 bridgehead atoms. The van der Waals surface area contributed by atoms with Crippen molar-refractivity contribution in [1.82, 2.24) is 25.1 Å². The molecule has 1 saturated heterocycles. The first-order valence-corrected chi connectivity index (χ1v) is 10.0. The van der Waals surface area contributed by atoms with Crippen LogP contribution in [0.4, 0.5) is 17.6 Å². The third-order valence-electron chi connectivity index (χ3n) is 5.86. The van der Waals surface area contributed by atoms with E-state index in [1.54, 1.807) is 6.20 Å². The van der Waals surface area contributed by atoms with Crippen molar-refractivity contribution in [3.05, 3.63) is 23.0 Å². The minimum atomic E-state index is -0.0582. The third kappa shape index (κ3) is 3.98. The third-order valence-corrected chi connectivity index (χ3v) is 6.13. The summed E-state index contributed by atoms with van der Waals surface area (Å²) in [5.41, 5.74) is 0.940. The van der Waals surface area contributed by atoms with Crippen molar-refractivity contribution >= 4 is 35.1 Å². The lowest BCUT2D eigenvalue weighted by molar-refractivity contribution is -0.129. The monoisotopic (exact) mass is 414 g/mol. The molecule has 152 valence electrons. The largest absolute Gasteiger partial charge is 0.341 e. The van der Waals surface area contributed by atoms with Crippen molar-refractivity contribution in [2.45, 2.75) is 32.2 Å². The molecule has 0 radical (unpaired) electrons. The van der Waals surface area contributed by atoms with Crippen molar-refractivity contribution in [3.8, 4) is 6.07 Å². The average molecular weight is 415 g/mol. The van der Waals surface area contributed by atoms with Gasteiger partial charge in [0, 0.05) is 37.9 Å². The molecule has 0 spiro atoms.